The number of hydrogen-bond donors (Lipinski definition) is 1. The van der Waals surface area contributed by atoms with Crippen LogP contribution in [0, 0.1) is 5.92 Å². The van der Waals surface area contributed by atoms with Crippen LogP contribution in [0.15, 0.2) is 90.0 Å². The molecule has 0 saturated heterocycles. The third-order valence-electron chi connectivity index (χ3n) is 4.15. The molecule has 1 amide bonds. The Morgan fingerprint density at radius 3 is 1.85 bits per heavy atom. The predicted octanol–water partition coefficient (Wildman–Crippen LogP) is 5.14. The molecule has 0 saturated carbocycles. The van der Waals surface area contributed by atoms with Gasteiger partial charge in [-0.15, -0.1) is 0 Å². The molecule has 0 fully saturated rings. The maximum absolute atomic E-state index is 12.4. The van der Waals surface area contributed by atoms with Gasteiger partial charge in [-0.25, -0.2) is 5.43 Å². The van der Waals surface area contributed by atoms with Gasteiger partial charge < -0.3 is 0 Å². The molecule has 0 heterocycles. The van der Waals surface area contributed by atoms with Gasteiger partial charge in [-0.1, -0.05) is 86.6 Å². The Balaban J connectivity index is 1.75. The predicted molar refractivity (Wildman–Crippen MR) is 107 cm³/mol. The Bertz CT molecular complexity index is 883. The molecular formula is C23H22N2O. The van der Waals surface area contributed by atoms with Crippen LogP contribution in [0.5, 0.6) is 0 Å². The van der Waals surface area contributed by atoms with E-state index >= 15 is 0 Å². The molecule has 3 rings (SSSR count). The van der Waals surface area contributed by atoms with E-state index in [1.165, 1.54) is 0 Å². The number of hydrogen-bond acceptors (Lipinski definition) is 2. The molecular weight excluding hydrogens is 320 g/mol. The van der Waals surface area contributed by atoms with Crippen molar-refractivity contribution in [3.05, 3.63) is 96.1 Å². The lowest BCUT2D eigenvalue weighted by Crippen LogP contribution is -2.22. The molecule has 3 nitrogen and oxygen atoms in total. The van der Waals surface area contributed by atoms with Gasteiger partial charge in [-0.2, -0.15) is 5.10 Å². The molecule has 0 radical (unpaired) electrons. The van der Waals surface area contributed by atoms with Crippen LogP contribution >= 0.6 is 0 Å². The fraction of sp³-hybridized carbons (Fsp3) is 0.130. The summed E-state index contributed by atoms with van der Waals surface area (Å²) >= 11 is 0. The van der Waals surface area contributed by atoms with Crippen LogP contribution in [0.3, 0.4) is 0 Å². The zero-order chi connectivity index (χ0) is 18.4. The number of rotatable bonds is 5. The SMILES string of the molecule is CC(C)/C(=N/NC(=O)c1ccc(-c2ccccc2)cc1)c1ccccc1. The Labute approximate surface area is 154 Å². The van der Waals surface area contributed by atoms with E-state index in [-0.39, 0.29) is 11.8 Å². The van der Waals surface area contributed by atoms with Crippen LogP contribution in [0.1, 0.15) is 29.8 Å². The number of nitrogens with zero attached hydrogens (tertiary/aromatic N) is 1. The average Bonchev–Trinajstić information content (AvgIpc) is 2.69. The quantitative estimate of drug-likeness (QED) is 0.506. The molecule has 0 atom stereocenters. The van der Waals surface area contributed by atoms with Gasteiger partial charge in [0.2, 0.25) is 0 Å². The van der Waals surface area contributed by atoms with Crippen molar-refractivity contribution in [1.29, 1.82) is 0 Å². The van der Waals surface area contributed by atoms with Crippen molar-refractivity contribution in [2.24, 2.45) is 11.0 Å². The second-order valence-corrected chi connectivity index (χ2v) is 6.40. The second-order valence-electron chi connectivity index (χ2n) is 6.40. The summed E-state index contributed by atoms with van der Waals surface area (Å²) in [5, 5.41) is 4.37. The summed E-state index contributed by atoms with van der Waals surface area (Å²) < 4.78 is 0. The van der Waals surface area contributed by atoms with Crippen LogP contribution in [0.2, 0.25) is 0 Å². The molecule has 130 valence electrons. The van der Waals surface area contributed by atoms with Gasteiger partial charge in [0.1, 0.15) is 0 Å². The second kappa shape index (κ2) is 8.26. The maximum Gasteiger partial charge on any atom is 0.271 e. The Morgan fingerprint density at radius 2 is 1.27 bits per heavy atom. The number of carbonyl (C=O) groups is 1. The molecule has 0 spiro atoms. The van der Waals surface area contributed by atoms with E-state index in [4.69, 9.17) is 0 Å². The molecule has 3 aromatic carbocycles. The van der Waals surface area contributed by atoms with Gasteiger partial charge in [0, 0.05) is 5.56 Å². The largest absolute Gasteiger partial charge is 0.271 e. The van der Waals surface area contributed by atoms with Gasteiger partial charge in [0.05, 0.1) is 5.71 Å². The van der Waals surface area contributed by atoms with Crippen molar-refractivity contribution < 1.29 is 4.79 Å². The topological polar surface area (TPSA) is 41.5 Å². The Hall–Kier alpha value is -3.20. The molecule has 26 heavy (non-hydrogen) atoms. The number of nitrogens with one attached hydrogen (secondary N) is 1. The number of hydrazone groups is 1. The van der Waals surface area contributed by atoms with Crippen molar-refractivity contribution in [2.45, 2.75) is 13.8 Å². The Kier molecular flexibility index (Phi) is 5.59. The number of benzene rings is 3. The van der Waals surface area contributed by atoms with Gasteiger partial charge >= 0.3 is 0 Å². The van der Waals surface area contributed by atoms with Crippen molar-refractivity contribution >= 4 is 11.6 Å². The smallest absolute Gasteiger partial charge is 0.267 e. The first-order valence-electron chi connectivity index (χ1n) is 8.74. The Morgan fingerprint density at radius 1 is 0.731 bits per heavy atom. The third kappa shape index (κ3) is 4.25. The maximum atomic E-state index is 12.4. The fourth-order valence-corrected chi connectivity index (χ4v) is 2.76. The van der Waals surface area contributed by atoms with E-state index in [9.17, 15) is 4.79 Å². The summed E-state index contributed by atoms with van der Waals surface area (Å²) in [5.41, 5.74) is 7.36. The molecule has 0 aliphatic carbocycles. The molecule has 3 aromatic rings. The van der Waals surface area contributed by atoms with Gasteiger partial charge in [-0.3, -0.25) is 4.79 Å². The van der Waals surface area contributed by atoms with Crippen LogP contribution < -0.4 is 5.43 Å². The highest BCUT2D eigenvalue weighted by Crippen LogP contribution is 2.19. The molecule has 0 aliphatic rings. The summed E-state index contributed by atoms with van der Waals surface area (Å²) in [6, 6.07) is 27.6. The lowest BCUT2D eigenvalue weighted by atomic mass is 10.0. The first-order valence-corrected chi connectivity index (χ1v) is 8.74. The highest BCUT2D eigenvalue weighted by atomic mass is 16.2. The molecule has 0 unspecified atom stereocenters. The van der Waals surface area contributed by atoms with Crippen LogP contribution in [0.25, 0.3) is 11.1 Å². The molecule has 3 heteroatoms. The normalized spacial score (nSPS) is 11.4. The summed E-state index contributed by atoms with van der Waals surface area (Å²) in [6.07, 6.45) is 0. The zero-order valence-corrected chi connectivity index (χ0v) is 15.0. The first-order chi connectivity index (χ1) is 12.6. The van der Waals surface area contributed by atoms with E-state index in [0.717, 1.165) is 22.4 Å². The summed E-state index contributed by atoms with van der Waals surface area (Å²) in [4.78, 5) is 12.4. The number of amides is 1. The van der Waals surface area contributed by atoms with Crippen LogP contribution in [-0.2, 0) is 0 Å². The van der Waals surface area contributed by atoms with Crippen molar-refractivity contribution in [3.63, 3.8) is 0 Å². The number of carbonyl (C=O) groups excluding carboxylic acids is 1. The minimum atomic E-state index is -0.210. The lowest BCUT2D eigenvalue weighted by molar-refractivity contribution is 0.0954. The van der Waals surface area contributed by atoms with E-state index < -0.39 is 0 Å². The fourth-order valence-electron chi connectivity index (χ4n) is 2.76. The first kappa shape index (κ1) is 17.6. The highest BCUT2D eigenvalue weighted by Gasteiger charge is 2.10. The van der Waals surface area contributed by atoms with Crippen LogP contribution in [-0.4, -0.2) is 11.6 Å². The average molecular weight is 342 g/mol. The minimum Gasteiger partial charge on any atom is -0.267 e. The molecule has 0 bridgehead atoms. The summed E-state index contributed by atoms with van der Waals surface area (Å²) in [5.74, 6) is -0.00292. The standard InChI is InChI=1S/C23H22N2O/c1-17(2)22(20-11-7-4-8-12-20)24-25-23(26)21-15-13-19(14-16-21)18-9-5-3-6-10-18/h3-17H,1-2H3,(H,25,26)/b24-22-. The van der Waals surface area contributed by atoms with Crippen molar-refractivity contribution in [3.8, 4) is 11.1 Å². The van der Waals surface area contributed by atoms with E-state index in [1.54, 1.807) is 0 Å². The van der Waals surface area contributed by atoms with Gasteiger partial charge in [-0.05, 0) is 34.7 Å². The molecule has 0 aliphatic heterocycles. The zero-order valence-electron chi connectivity index (χ0n) is 15.0. The third-order valence-corrected chi connectivity index (χ3v) is 4.15. The summed E-state index contributed by atoms with van der Waals surface area (Å²) in [6.45, 7) is 4.12. The van der Waals surface area contributed by atoms with Crippen molar-refractivity contribution in [1.82, 2.24) is 5.43 Å². The van der Waals surface area contributed by atoms with Crippen LogP contribution in [0.4, 0.5) is 0 Å². The molecule has 0 aromatic heterocycles. The minimum absolute atomic E-state index is 0.207. The van der Waals surface area contributed by atoms with Gasteiger partial charge in [0.15, 0.2) is 0 Å². The van der Waals surface area contributed by atoms with E-state index in [1.807, 2.05) is 84.9 Å². The van der Waals surface area contributed by atoms with E-state index in [0.29, 0.717) is 5.56 Å². The van der Waals surface area contributed by atoms with Crippen molar-refractivity contribution in [2.75, 3.05) is 0 Å². The van der Waals surface area contributed by atoms with E-state index in [2.05, 4.69) is 24.4 Å². The lowest BCUT2D eigenvalue weighted by Gasteiger charge is -2.11. The highest BCUT2D eigenvalue weighted by molar-refractivity contribution is 6.03. The monoisotopic (exact) mass is 342 g/mol. The van der Waals surface area contributed by atoms with Gasteiger partial charge in [0.25, 0.3) is 5.91 Å². The molecule has 1 N–H and O–H groups in total. The summed E-state index contributed by atoms with van der Waals surface area (Å²) in [7, 11) is 0.